The first-order valence-electron chi connectivity index (χ1n) is 10.0. The first-order chi connectivity index (χ1) is 15.0. The Balaban J connectivity index is 1.46. The van der Waals surface area contributed by atoms with Gasteiger partial charge in [0.25, 0.3) is 11.8 Å². The molecule has 1 aliphatic heterocycles. The molecular formula is C23H24N2O6. The van der Waals surface area contributed by atoms with Gasteiger partial charge in [0.2, 0.25) is 0 Å². The van der Waals surface area contributed by atoms with Gasteiger partial charge < -0.3 is 14.8 Å². The summed E-state index contributed by atoms with van der Waals surface area (Å²) in [6.45, 7) is 0.318. The van der Waals surface area contributed by atoms with Crippen LogP contribution >= 0.6 is 0 Å². The fourth-order valence-electron chi connectivity index (χ4n) is 3.36. The predicted octanol–water partition coefficient (Wildman–Crippen LogP) is 2.92. The number of nitrogens with zero attached hydrogens (tertiary/aromatic N) is 1. The smallest absolute Gasteiger partial charge is 0.408 e. The molecule has 0 aromatic heterocycles. The molecule has 0 fully saturated rings. The molecule has 0 bridgehead atoms. The molecule has 0 saturated heterocycles. The number of rotatable bonds is 9. The topological polar surface area (TPSA) is 102 Å². The number of nitrogens with one attached hydrogen (secondary N) is 1. The maximum atomic E-state index is 12.4. The molecule has 1 aliphatic rings. The normalized spacial score (nSPS) is 13.5. The van der Waals surface area contributed by atoms with Crippen LogP contribution in [-0.4, -0.2) is 48.5 Å². The predicted molar refractivity (Wildman–Crippen MR) is 111 cm³/mol. The van der Waals surface area contributed by atoms with Crippen molar-refractivity contribution in [1.29, 1.82) is 0 Å². The molecule has 8 heteroatoms. The number of methoxy groups -OCH3 is 1. The highest BCUT2D eigenvalue weighted by atomic mass is 16.6. The Morgan fingerprint density at radius 1 is 0.935 bits per heavy atom. The summed E-state index contributed by atoms with van der Waals surface area (Å²) >= 11 is 0. The van der Waals surface area contributed by atoms with Gasteiger partial charge in [-0.1, -0.05) is 42.5 Å². The van der Waals surface area contributed by atoms with Crippen molar-refractivity contribution in [2.75, 3.05) is 13.7 Å². The van der Waals surface area contributed by atoms with E-state index in [1.807, 2.05) is 30.3 Å². The summed E-state index contributed by atoms with van der Waals surface area (Å²) in [7, 11) is 1.24. The zero-order valence-corrected chi connectivity index (χ0v) is 17.2. The second kappa shape index (κ2) is 10.4. The van der Waals surface area contributed by atoms with Crippen LogP contribution in [0.2, 0.25) is 0 Å². The van der Waals surface area contributed by atoms with E-state index in [4.69, 9.17) is 9.47 Å². The quantitative estimate of drug-likeness (QED) is 0.377. The number of esters is 1. The van der Waals surface area contributed by atoms with Crippen LogP contribution in [0.3, 0.4) is 0 Å². The third-order valence-electron chi connectivity index (χ3n) is 4.99. The van der Waals surface area contributed by atoms with E-state index in [0.29, 0.717) is 24.0 Å². The molecule has 0 radical (unpaired) electrons. The number of amides is 3. The lowest BCUT2D eigenvalue weighted by molar-refractivity contribution is -0.143. The molecule has 2 aromatic rings. The van der Waals surface area contributed by atoms with Gasteiger partial charge in [0.05, 0.1) is 18.2 Å². The highest BCUT2D eigenvalue weighted by Gasteiger charge is 2.34. The van der Waals surface area contributed by atoms with Crippen molar-refractivity contribution in [3.63, 3.8) is 0 Å². The van der Waals surface area contributed by atoms with Crippen molar-refractivity contribution in [2.45, 2.75) is 31.9 Å². The number of carbonyl (C=O) groups excluding carboxylic acids is 4. The highest BCUT2D eigenvalue weighted by molar-refractivity contribution is 6.21. The van der Waals surface area contributed by atoms with E-state index in [1.54, 1.807) is 24.3 Å². The average molecular weight is 424 g/mol. The third kappa shape index (κ3) is 5.48. The van der Waals surface area contributed by atoms with E-state index in [0.717, 1.165) is 5.56 Å². The summed E-state index contributed by atoms with van der Waals surface area (Å²) in [5, 5.41) is 2.51. The number of hydrogen-bond acceptors (Lipinski definition) is 6. The van der Waals surface area contributed by atoms with Gasteiger partial charge in [-0.25, -0.2) is 9.59 Å². The van der Waals surface area contributed by atoms with Gasteiger partial charge in [-0.15, -0.1) is 0 Å². The lowest BCUT2D eigenvalue weighted by atomic mass is 10.1. The summed E-state index contributed by atoms with van der Waals surface area (Å²) in [4.78, 5) is 50.0. The van der Waals surface area contributed by atoms with Gasteiger partial charge in [0.15, 0.2) is 0 Å². The standard InChI is InChI=1S/C23H24N2O6/c1-30-22(28)19(24-23(29)31-15-16-9-3-2-4-10-16)13-7-8-14-25-20(26)17-11-5-6-12-18(17)21(25)27/h2-6,9-12,19H,7-8,13-15H2,1H3,(H,24,29)/t19-/m0/s1. The van der Waals surface area contributed by atoms with Crippen molar-refractivity contribution in [3.05, 3.63) is 71.3 Å². The minimum atomic E-state index is -0.879. The molecule has 31 heavy (non-hydrogen) atoms. The number of alkyl carbamates (subject to hydrolysis) is 1. The Morgan fingerprint density at radius 3 is 2.16 bits per heavy atom. The molecule has 2 aromatic carbocycles. The number of benzene rings is 2. The summed E-state index contributed by atoms with van der Waals surface area (Å²) in [5.74, 6) is -1.21. The van der Waals surface area contributed by atoms with E-state index < -0.39 is 18.1 Å². The molecular weight excluding hydrogens is 400 g/mol. The summed E-state index contributed by atoms with van der Waals surface area (Å²) in [5.41, 5.74) is 1.64. The van der Waals surface area contributed by atoms with E-state index in [9.17, 15) is 19.2 Å². The fourth-order valence-corrected chi connectivity index (χ4v) is 3.36. The van der Waals surface area contributed by atoms with E-state index in [-0.39, 0.29) is 31.4 Å². The highest BCUT2D eigenvalue weighted by Crippen LogP contribution is 2.22. The first kappa shape index (κ1) is 22.0. The van der Waals surface area contributed by atoms with Crippen molar-refractivity contribution in [2.24, 2.45) is 0 Å². The lowest BCUT2D eigenvalue weighted by Crippen LogP contribution is -2.41. The Labute approximate surface area is 180 Å². The average Bonchev–Trinajstić information content (AvgIpc) is 3.04. The first-order valence-corrected chi connectivity index (χ1v) is 10.0. The number of carbonyl (C=O) groups is 4. The van der Waals surface area contributed by atoms with Crippen LogP contribution in [0.1, 0.15) is 45.5 Å². The second-order valence-corrected chi connectivity index (χ2v) is 7.09. The molecule has 162 valence electrons. The number of ether oxygens (including phenoxy) is 2. The Bertz CT molecular complexity index is 925. The van der Waals surface area contributed by atoms with Crippen LogP contribution in [0.4, 0.5) is 4.79 Å². The molecule has 1 atom stereocenters. The van der Waals surface area contributed by atoms with Crippen LogP contribution in [0.15, 0.2) is 54.6 Å². The summed E-state index contributed by atoms with van der Waals surface area (Å²) in [6, 6.07) is 15.0. The van der Waals surface area contributed by atoms with E-state index in [1.165, 1.54) is 12.0 Å². The minimum absolute atomic E-state index is 0.0836. The second-order valence-electron chi connectivity index (χ2n) is 7.09. The van der Waals surface area contributed by atoms with Crippen LogP contribution < -0.4 is 5.32 Å². The molecule has 8 nitrogen and oxygen atoms in total. The monoisotopic (exact) mass is 424 g/mol. The van der Waals surface area contributed by atoms with Crippen LogP contribution in [-0.2, 0) is 20.9 Å². The van der Waals surface area contributed by atoms with Gasteiger partial charge in [0, 0.05) is 6.54 Å². The zero-order chi connectivity index (χ0) is 22.2. The van der Waals surface area contributed by atoms with Crippen molar-refractivity contribution < 1.29 is 28.7 Å². The Kier molecular flexibility index (Phi) is 7.37. The van der Waals surface area contributed by atoms with E-state index in [2.05, 4.69) is 5.32 Å². The molecule has 3 rings (SSSR count). The van der Waals surface area contributed by atoms with Crippen LogP contribution in [0.5, 0.6) is 0 Å². The fraction of sp³-hybridized carbons (Fsp3) is 0.304. The van der Waals surface area contributed by atoms with Gasteiger partial charge in [-0.05, 0) is 37.0 Å². The molecule has 0 aliphatic carbocycles. The lowest BCUT2D eigenvalue weighted by Gasteiger charge is -2.17. The number of hydrogen-bond donors (Lipinski definition) is 1. The van der Waals surface area contributed by atoms with E-state index >= 15 is 0 Å². The molecule has 0 saturated carbocycles. The number of fused-ring (bicyclic) bond motifs is 1. The largest absolute Gasteiger partial charge is 0.467 e. The van der Waals surface area contributed by atoms with Crippen LogP contribution in [0.25, 0.3) is 0 Å². The van der Waals surface area contributed by atoms with Crippen molar-refractivity contribution in [1.82, 2.24) is 10.2 Å². The Hall–Kier alpha value is -3.68. The number of unbranched alkanes of at least 4 members (excludes halogenated alkanes) is 1. The molecule has 1 heterocycles. The van der Waals surface area contributed by atoms with Crippen molar-refractivity contribution in [3.8, 4) is 0 Å². The SMILES string of the molecule is COC(=O)[C@H](CCCCN1C(=O)c2ccccc2C1=O)NC(=O)OCc1ccccc1. The Morgan fingerprint density at radius 2 is 1.55 bits per heavy atom. The van der Waals surface area contributed by atoms with Gasteiger partial charge in [0.1, 0.15) is 12.6 Å². The summed E-state index contributed by atoms with van der Waals surface area (Å²) in [6.07, 6.45) is 0.543. The van der Waals surface area contributed by atoms with Crippen LogP contribution in [0, 0.1) is 0 Å². The number of imide groups is 1. The van der Waals surface area contributed by atoms with Crippen molar-refractivity contribution >= 4 is 23.9 Å². The maximum absolute atomic E-state index is 12.4. The van der Waals surface area contributed by atoms with Gasteiger partial charge >= 0.3 is 12.1 Å². The third-order valence-corrected chi connectivity index (χ3v) is 4.99. The van der Waals surface area contributed by atoms with Gasteiger partial charge in [-0.2, -0.15) is 0 Å². The zero-order valence-electron chi connectivity index (χ0n) is 17.2. The minimum Gasteiger partial charge on any atom is -0.467 e. The molecule has 3 amide bonds. The molecule has 0 unspecified atom stereocenters. The summed E-state index contributed by atoms with van der Waals surface area (Å²) < 4.78 is 9.90. The maximum Gasteiger partial charge on any atom is 0.408 e. The molecule has 0 spiro atoms. The molecule has 1 N–H and O–H groups in total. The van der Waals surface area contributed by atoms with Gasteiger partial charge in [-0.3, -0.25) is 14.5 Å².